The molecule has 158 valence electrons. The maximum absolute atomic E-state index is 12.7. The summed E-state index contributed by atoms with van der Waals surface area (Å²) in [5, 5.41) is 3.21. The number of hydrogen-bond acceptors (Lipinski definition) is 5. The highest BCUT2D eigenvalue weighted by Crippen LogP contribution is 2.33. The number of fused-ring (bicyclic) bond motifs is 1. The molecule has 2 aromatic rings. The summed E-state index contributed by atoms with van der Waals surface area (Å²) < 4.78 is 5.50. The van der Waals surface area contributed by atoms with Crippen molar-refractivity contribution < 1.29 is 9.53 Å². The number of rotatable bonds is 4. The Balaban J connectivity index is 1.29. The predicted molar refractivity (Wildman–Crippen MR) is 116 cm³/mol. The van der Waals surface area contributed by atoms with Gasteiger partial charge < -0.3 is 15.0 Å². The van der Waals surface area contributed by atoms with Gasteiger partial charge in [0.15, 0.2) is 5.82 Å². The molecule has 0 saturated carbocycles. The molecule has 0 spiro atoms. The second-order valence-electron chi connectivity index (χ2n) is 8.70. The second-order valence-corrected chi connectivity index (χ2v) is 8.70. The van der Waals surface area contributed by atoms with E-state index in [-0.39, 0.29) is 17.9 Å². The molecule has 1 aromatic heterocycles. The average Bonchev–Trinajstić information content (AvgIpc) is 3.29. The zero-order valence-corrected chi connectivity index (χ0v) is 17.5. The molecule has 1 amide bonds. The van der Waals surface area contributed by atoms with E-state index in [1.807, 2.05) is 18.2 Å². The number of anilines is 1. The van der Waals surface area contributed by atoms with E-state index in [0.29, 0.717) is 6.61 Å². The molecular weight excluding hydrogens is 376 g/mol. The van der Waals surface area contributed by atoms with Crippen LogP contribution in [0.15, 0.2) is 30.3 Å². The van der Waals surface area contributed by atoms with Gasteiger partial charge in [0, 0.05) is 42.4 Å². The number of amides is 1. The van der Waals surface area contributed by atoms with Crippen molar-refractivity contribution in [3.63, 3.8) is 0 Å². The van der Waals surface area contributed by atoms with Crippen LogP contribution in [0.3, 0.4) is 0 Å². The normalized spacial score (nSPS) is 22.0. The van der Waals surface area contributed by atoms with E-state index < -0.39 is 0 Å². The van der Waals surface area contributed by atoms with E-state index in [9.17, 15) is 4.79 Å². The van der Waals surface area contributed by atoms with Crippen molar-refractivity contribution in [1.29, 1.82) is 0 Å². The van der Waals surface area contributed by atoms with Gasteiger partial charge in [0.25, 0.3) is 0 Å². The molecule has 1 aliphatic carbocycles. The summed E-state index contributed by atoms with van der Waals surface area (Å²) in [6, 6.07) is 10.4. The van der Waals surface area contributed by atoms with E-state index >= 15 is 0 Å². The van der Waals surface area contributed by atoms with Crippen LogP contribution >= 0.6 is 0 Å². The first-order valence-corrected chi connectivity index (χ1v) is 11.4. The molecule has 5 rings (SSSR count). The maximum atomic E-state index is 12.7. The van der Waals surface area contributed by atoms with Crippen molar-refractivity contribution in [2.75, 3.05) is 31.2 Å². The molecule has 1 atom stereocenters. The van der Waals surface area contributed by atoms with Crippen LogP contribution in [0.1, 0.15) is 43.4 Å². The van der Waals surface area contributed by atoms with Crippen LogP contribution in [-0.4, -0.2) is 48.2 Å². The lowest BCUT2D eigenvalue weighted by Crippen LogP contribution is -2.46. The number of nitrogens with one attached hydrogen (secondary N) is 1. The second kappa shape index (κ2) is 8.72. The van der Waals surface area contributed by atoms with Gasteiger partial charge in [-0.15, -0.1) is 0 Å². The summed E-state index contributed by atoms with van der Waals surface area (Å²) in [4.78, 5) is 25.0. The third-order valence-corrected chi connectivity index (χ3v) is 6.62. The molecule has 2 fully saturated rings. The number of nitrogens with zero attached hydrogens (tertiary/aromatic N) is 3. The number of benzene rings is 1. The number of aromatic nitrogens is 2. The minimum atomic E-state index is 0.0895. The zero-order chi connectivity index (χ0) is 20.3. The van der Waals surface area contributed by atoms with Crippen LogP contribution in [0.2, 0.25) is 0 Å². The van der Waals surface area contributed by atoms with Crippen LogP contribution in [-0.2, 0) is 22.4 Å². The van der Waals surface area contributed by atoms with Gasteiger partial charge in [-0.25, -0.2) is 9.97 Å². The van der Waals surface area contributed by atoms with Gasteiger partial charge in [-0.1, -0.05) is 30.3 Å². The number of carbonyl (C=O) groups excluding carboxylic acids is 1. The van der Waals surface area contributed by atoms with Crippen LogP contribution in [0.25, 0.3) is 11.4 Å². The largest absolute Gasteiger partial charge is 0.379 e. The molecule has 3 heterocycles. The first-order valence-electron chi connectivity index (χ1n) is 11.4. The fourth-order valence-electron chi connectivity index (χ4n) is 4.92. The molecule has 2 aliphatic heterocycles. The topological polar surface area (TPSA) is 67.3 Å². The molecule has 1 unspecified atom stereocenters. The summed E-state index contributed by atoms with van der Waals surface area (Å²) in [5.74, 6) is 2.20. The molecule has 2 saturated heterocycles. The Bertz CT molecular complexity index is 888. The van der Waals surface area contributed by atoms with E-state index in [2.05, 4.69) is 22.3 Å². The summed E-state index contributed by atoms with van der Waals surface area (Å²) >= 11 is 0. The van der Waals surface area contributed by atoms with E-state index in [1.54, 1.807) is 0 Å². The fraction of sp³-hybridized carbons (Fsp3) is 0.542. The average molecular weight is 407 g/mol. The van der Waals surface area contributed by atoms with Gasteiger partial charge in [0.05, 0.1) is 12.6 Å². The SMILES string of the molecule is O=C(NC1CCCOC1)C1CCN(c2nc(-c3ccccc3)nc3c2CCC3)CC1. The van der Waals surface area contributed by atoms with Gasteiger partial charge in [-0.05, 0) is 44.9 Å². The van der Waals surface area contributed by atoms with Crippen molar-refractivity contribution in [2.24, 2.45) is 5.92 Å². The van der Waals surface area contributed by atoms with Crippen LogP contribution < -0.4 is 10.2 Å². The zero-order valence-electron chi connectivity index (χ0n) is 17.5. The Morgan fingerprint density at radius 3 is 2.63 bits per heavy atom. The highest BCUT2D eigenvalue weighted by atomic mass is 16.5. The van der Waals surface area contributed by atoms with Gasteiger partial charge in [-0.3, -0.25) is 4.79 Å². The minimum Gasteiger partial charge on any atom is -0.379 e. The van der Waals surface area contributed by atoms with Crippen LogP contribution in [0.4, 0.5) is 5.82 Å². The van der Waals surface area contributed by atoms with Crippen molar-refractivity contribution in [2.45, 2.75) is 51.0 Å². The van der Waals surface area contributed by atoms with Crippen molar-refractivity contribution >= 4 is 11.7 Å². The Labute approximate surface area is 178 Å². The van der Waals surface area contributed by atoms with Crippen LogP contribution in [0.5, 0.6) is 0 Å². The van der Waals surface area contributed by atoms with Crippen molar-refractivity contribution in [1.82, 2.24) is 15.3 Å². The molecule has 3 aliphatic rings. The number of aryl methyl sites for hydroxylation is 1. The number of ether oxygens (including phenoxy) is 1. The maximum Gasteiger partial charge on any atom is 0.223 e. The first-order chi connectivity index (χ1) is 14.8. The molecule has 0 radical (unpaired) electrons. The van der Waals surface area contributed by atoms with E-state index in [1.165, 1.54) is 11.3 Å². The number of hydrogen-bond donors (Lipinski definition) is 1. The van der Waals surface area contributed by atoms with Crippen LogP contribution in [0, 0.1) is 5.92 Å². The number of carbonyl (C=O) groups is 1. The molecule has 6 heteroatoms. The fourth-order valence-corrected chi connectivity index (χ4v) is 4.92. The lowest BCUT2D eigenvalue weighted by atomic mass is 9.95. The Morgan fingerprint density at radius 1 is 1.03 bits per heavy atom. The van der Waals surface area contributed by atoms with Gasteiger partial charge in [-0.2, -0.15) is 0 Å². The monoisotopic (exact) mass is 406 g/mol. The molecule has 1 aromatic carbocycles. The van der Waals surface area contributed by atoms with Gasteiger partial charge >= 0.3 is 0 Å². The lowest BCUT2D eigenvalue weighted by molar-refractivity contribution is -0.127. The highest BCUT2D eigenvalue weighted by molar-refractivity contribution is 5.79. The Kier molecular flexibility index (Phi) is 5.67. The van der Waals surface area contributed by atoms with E-state index in [0.717, 1.165) is 81.8 Å². The lowest BCUT2D eigenvalue weighted by Gasteiger charge is -2.34. The first kappa shape index (κ1) is 19.5. The minimum absolute atomic E-state index is 0.0895. The smallest absolute Gasteiger partial charge is 0.223 e. The standard InChI is InChI=1S/C24H30N4O2/c29-24(25-19-8-5-15-30-16-19)18-11-13-28(14-12-18)23-20-9-4-10-21(20)26-22(27-23)17-6-2-1-3-7-17/h1-3,6-7,18-19H,4-5,8-16H2,(H,25,29). The third-order valence-electron chi connectivity index (χ3n) is 6.62. The molecular formula is C24H30N4O2. The summed E-state index contributed by atoms with van der Waals surface area (Å²) in [6.07, 6.45) is 7.05. The van der Waals surface area contributed by atoms with Gasteiger partial charge in [0.1, 0.15) is 5.82 Å². The third kappa shape index (κ3) is 4.06. The number of piperidine rings is 1. The Hall–Kier alpha value is -2.47. The summed E-state index contributed by atoms with van der Waals surface area (Å²) in [7, 11) is 0. The summed E-state index contributed by atoms with van der Waals surface area (Å²) in [5.41, 5.74) is 3.59. The van der Waals surface area contributed by atoms with E-state index in [4.69, 9.17) is 14.7 Å². The Morgan fingerprint density at radius 2 is 1.87 bits per heavy atom. The molecule has 1 N–H and O–H groups in total. The molecule has 0 bridgehead atoms. The van der Waals surface area contributed by atoms with Crippen molar-refractivity contribution in [3.8, 4) is 11.4 Å². The quantitative estimate of drug-likeness (QED) is 0.845. The highest BCUT2D eigenvalue weighted by Gasteiger charge is 2.30. The molecule has 6 nitrogen and oxygen atoms in total. The van der Waals surface area contributed by atoms with Gasteiger partial charge in [0.2, 0.25) is 5.91 Å². The predicted octanol–water partition coefficient (Wildman–Crippen LogP) is 3.14. The van der Waals surface area contributed by atoms with Crippen molar-refractivity contribution in [3.05, 3.63) is 41.6 Å². The summed E-state index contributed by atoms with van der Waals surface area (Å²) in [6.45, 7) is 3.22. The molecule has 30 heavy (non-hydrogen) atoms.